The molecule has 2 nitrogen and oxygen atoms in total. The second-order valence-electron chi connectivity index (χ2n) is 4.29. The Hall–Kier alpha value is -0.795. The lowest BCUT2D eigenvalue weighted by Crippen LogP contribution is -2.27. The van der Waals surface area contributed by atoms with Crippen molar-refractivity contribution < 1.29 is 9.68 Å². The van der Waals surface area contributed by atoms with Crippen LogP contribution in [0.2, 0.25) is 0 Å². The van der Waals surface area contributed by atoms with Gasteiger partial charge in [-0.2, -0.15) is 0 Å². The molecule has 1 heterocycles. The summed E-state index contributed by atoms with van der Waals surface area (Å²) in [5.74, 6) is 0.667. The van der Waals surface area contributed by atoms with Crippen LogP contribution in [0.3, 0.4) is 0 Å². The monoisotopic (exact) mass is 190 g/mol. The molecule has 1 aromatic rings. The van der Waals surface area contributed by atoms with Crippen LogP contribution in [0.15, 0.2) is 18.2 Å². The summed E-state index contributed by atoms with van der Waals surface area (Å²) in [5, 5.41) is 9.43. The van der Waals surface area contributed by atoms with Gasteiger partial charge >= 0.3 is 7.12 Å². The predicted octanol–water partition coefficient (Wildman–Crippen LogP) is 1.10. The smallest absolute Gasteiger partial charge is 0.423 e. The standard InChI is InChI=1S/C11H15BO2/c1-8(2)5-9-3-4-11-10(6-9)7-14-12(11)13/h3-4,6,8,13H,5,7H2,1-2H3. The molecular formula is C11H15BO2. The molecule has 2 rings (SSSR count). The minimum Gasteiger partial charge on any atom is -0.423 e. The number of rotatable bonds is 2. The first kappa shape index (κ1) is 9.75. The van der Waals surface area contributed by atoms with Crippen molar-refractivity contribution in [1.29, 1.82) is 0 Å². The number of fused-ring (bicyclic) bond motifs is 1. The third-order valence-corrected chi connectivity index (χ3v) is 2.51. The summed E-state index contributed by atoms with van der Waals surface area (Å²) >= 11 is 0. The van der Waals surface area contributed by atoms with E-state index in [0.29, 0.717) is 12.5 Å². The maximum Gasteiger partial charge on any atom is 0.491 e. The van der Waals surface area contributed by atoms with E-state index in [2.05, 4.69) is 26.0 Å². The second kappa shape index (κ2) is 3.75. The van der Waals surface area contributed by atoms with Gasteiger partial charge in [-0.1, -0.05) is 32.0 Å². The molecular weight excluding hydrogens is 175 g/mol. The molecule has 0 fully saturated rings. The molecule has 0 radical (unpaired) electrons. The average molecular weight is 190 g/mol. The fourth-order valence-corrected chi connectivity index (χ4v) is 1.88. The molecule has 74 valence electrons. The van der Waals surface area contributed by atoms with E-state index in [0.717, 1.165) is 17.4 Å². The van der Waals surface area contributed by atoms with E-state index in [1.165, 1.54) is 5.56 Å². The summed E-state index contributed by atoms with van der Waals surface area (Å²) in [6, 6.07) is 6.20. The van der Waals surface area contributed by atoms with Gasteiger partial charge in [-0.05, 0) is 28.9 Å². The van der Waals surface area contributed by atoms with Crippen LogP contribution in [0.4, 0.5) is 0 Å². The van der Waals surface area contributed by atoms with Crippen molar-refractivity contribution in [1.82, 2.24) is 0 Å². The molecule has 0 amide bonds. The molecule has 1 aromatic carbocycles. The Bertz CT molecular complexity index is 336. The predicted molar refractivity (Wildman–Crippen MR) is 57.4 cm³/mol. The number of hydrogen-bond donors (Lipinski definition) is 1. The molecule has 0 saturated carbocycles. The van der Waals surface area contributed by atoms with E-state index in [1.807, 2.05) is 6.07 Å². The minimum atomic E-state index is -0.710. The molecule has 1 N–H and O–H groups in total. The van der Waals surface area contributed by atoms with Crippen molar-refractivity contribution in [3.05, 3.63) is 29.3 Å². The Morgan fingerprint density at radius 3 is 3.00 bits per heavy atom. The Morgan fingerprint density at radius 1 is 1.50 bits per heavy atom. The number of hydrogen-bond acceptors (Lipinski definition) is 2. The minimum absolute atomic E-state index is 0.544. The highest BCUT2D eigenvalue weighted by Gasteiger charge is 2.26. The lowest BCUT2D eigenvalue weighted by molar-refractivity contribution is 0.275. The third-order valence-electron chi connectivity index (χ3n) is 2.51. The quantitative estimate of drug-likeness (QED) is 0.707. The zero-order valence-electron chi connectivity index (χ0n) is 8.66. The summed E-state index contributed by atoms with van der Waals surface area (Å²) in [4.78, 5) is 0. The summed E-state index contributed by atoms with van der Waals surface area (Å²) in [6.45, 7) is 4.96. The first-order valence-corrected chi connectivity index (χ1v) is 5.08. The van der Waals surface area contributed by atoms with Crippen molar-refractivity contribution in [2.24, 2.45) is 5.92 Å². The number of benzene rings is 1. The van der Waals surface area contributed by atoms with E-state index in [9.17, 15) is 5.02 Å². The first-order chi connectivity index (χ1) is 6.66. The van der Waals surface area contributed by atoms with Gasteiger partial charge in [-0.3, -0.25) is 0 Å². The van der Waals surface area contributed by atoms with Gasteiger partial charge in [-0.15, -0.1) is 0 Å². The molecule has 0 aliphatic carbocycles. The largest absolute Gasteiger partial charge is 0.491 e. The lowest BCUT2D eigenvalue weighted by atomic mass is 9.79. The normalized spacial score (nSPS) is 15.0. The summed E-state index contributed by atoms with van der Waals surface area (Å²) in [7, 11) is -0.710. The highest BCUT2D eigenvalue weighted by atomic mass is 16.5. The van der Waals surface area contributed by atoms with Crippen molar-refractivity contribution >= 4 is 12.6 Å². The van der Waals surface area contributed by atoms with Crippen LogP contribution in [0.5, 0.6) is 0 Å². The van der Waals surface area contributed by atoms with Gasteiger partial charge in [0, 0.05) is 0 Å². The molecule has 0 spiro atoms. The average Bonchev–Trinajstić information content (AvgIpc) is 2.46. The molecule has 1 aliphatic rings. The molecule has 0 saturated heterocycles. The van der Waals surface area contributed by atoms with Crippen LogP contribution in [-0.2, 0) is 17.7 Å². The Kier molecular flexibility index (Phi) is 2.61. The van der Waals surface area contributed by atoms with Gasteiger partial charge in [0.05, 0.1) is 6.61 Å². The van der Waals surface area contributed by atoms with Gasteiger partial charge < -0.3 is 9.68 Å². The van der Waals surface area contributed by atoms with Gasteiger partial charge in [0.25, 0.3) is 0 Å². The van der Waals surface area contributed by atoms with Crippen LogP contribution < -0.4 is 5.46 Å². The van der Waals surface area contributed by atoms with Crippen LogP contribution >= 0.6 is 0 Å². The maximum atomic E-state index is 9.43. The maximum absolute atomic E-state index is 9.43. The van der Waals surface area contributed by atoms with Gasteiger partial charge in [-0.25, -0.2) is 0 Å². The second-order valence-corrected chi connectivity index (χ2v) is 4.29. The molecule has 14 heavy (non-hydrogen) atoms. The fourth-order valence-electron chi connectivity index (χ4n) is 1.88. The van der Waals surface area contributed by atoms with E-state index < -0.39 is 7.12 Å². The SMILES string of the molecule is CC(C)Cc1ccc2c(c1)COB2O. The van der Waals surface area contributed by atoms with Crippen molar-refractivity contribution in [3.63, 3.8) is 0 Å². The highest BCUT2D eigenvalue weighted by molar-refractivity contribution is 6.61. The Balaban J connectivity index is 2.24. The summed E-state index contributed by atoms with van der Waals surface area (Å²) in [5.41, 5.74) is 3.39. The van der Waals surface area contributed by atoms with E-state index in [1.54, 1.807) is 0 Å². The summed E-state index contributed by atoms with van der Waals surface area (Å²) < 4.78 is 5.14. The van der Waals surface area contributed by atoms with E-state index in [4.69, 9.17) is 4.65 Å². The Morgan fingerprint density at radius 2 is 2.29 bits per heavy atom. The third kappa shape index (κ3) is 1.84. The topological polar surface area (TPSA) is 29.5 Å². The lowest BCUT2D eigenvalue weighted by Gasteiger charge is -2.06. The van der Waals surface area contributed by atoms with Crippen LogP contribution in [0.1, 0.15) is 25.0 Å². The van der Waals surface area contributed by atoms with Crippen molar-refractivity contribution in [2.45, 2.75) is 26.9 Å². The van der Waals surface area contributed by atoms with Crippen LogP contribution in [-0.4, -0.2) is 12.1 Å². The van der Waals surface area contributed by atoms with E-state index in [-0.39, 0.29) is 0 Å². The zero-order chi connectivity index (χ0) is 10.1. The van der Waals surface area contributed by atoms with Crippen LogP contribution in [0.25, 0.3) is 0 Å². The van der Waals surface area contributed by atoms with Gasteiger partial charge in [0.2, 0.25) is 0 Å². The first-order valence-electron chi connectivity index (χ1n) is 5.08. The van der Waals surface area contributed by atoms with Crippen LogP contribution in [0, 0.1) is 5.92 Å². The summed E-state index contributed by atoms with van der Waals surface area (Å²) in [6.07, 6.45) is 1.09. The highest BCUT2D eigenvalue weighted by Crippen LogP contribution is 2.14. The molecule has 1 aliphatic heterocycles. The zero-order valence-corrected chi connectivity index (χ0v) is 8.66. The molecule has 3 heteroatoms. The molecule has 0 bridgehead atoms. The van der Waals surface area contributed by atoms with Crippen molar-refractivity contribution in [2.75, 3.05) is 0 Å². The molecule has 0 aromatic heterocycles. The molecule has 0 atom stereocenters. The molecule has 0 unspecified atom stereocenters. The van der Waals surface area contributed by atoms with Gasteiger partial charge in [0.1, 0.15) is 0 Å². The Labute approximate surface area is 85.1 Å². The fraction of sp³-hybridized carbons (Fsp3) is 0.455. The van der Waals surface area contributed by atoms with Crippen molar-refractivity contribution in [3.8, 4) is 0 Å². The van der Waals surface area contributed by atoms with Gasteiger partial charge in [0.15, 0.2) is 0 Å². The van der Waals surface area contributed by atoms with E-state index >= 15 is 0 Å².